The van der Waals surface area contributed by atoms with Gasteiger partial charge in [-0.2, -0.15) is 13.2 Å². The Kier molecular flexibility index (Phi) is 3.34. The summed E-state index contributed by atoms with van der Waals surface area (Å²) in [6.45, 7) is 0. The second-order valence-corrected chi connectivity index (χ2v) is 4.26. The maximum absolute atomic E-state index is 12.6. The zero-order valence-corrected chi connectivity index (χ0v) is 10.8. The molecule has 0 bridgehead atoms. The standard InChI is InChI=1S/C11H8BrF3N2O/c1-18-10-16-6-9(12)17(10)8-4-2-3-7(5-8)11(13,14)15/h2-6H,1H3. The quantitative estimate of drug-likeness (QED) is 0.844. The van der Waals surface area contributed by atoms with Crippen molar-refractivity contribution in [2.24, 2.45) is 0 Å². The third-order valence-electron chi connectivity index (χ3n) is 2.30. The van der Waals surface area contributed by atoms with Crippen molar-refractivity contribution in [3.8, 4) is 11.7 Å². The van der Waals surface area contributed by atoms with E-state index in [1.807, 2.05) is 0 Å². The minimum Gasteiger partial charge on any atom is -0.468 e. The van der Waals surface area contributed by atoms with Crippen LogP contribution in [-0.2, 0) is 6.18 Å². The first-order chi connectivity index (χ1) is 8.43. The van der Waals surface area contributed by atoms with E-state index in [0.29, 0.717) is 10.3 Å². The van der Waals surface area contributed by atoms with Gasteiger partial charge in [0.05, 0.1) is 24.6 Å². The van der Waals surface area contributed by atoms with Gasteiger partial charge in [0, 0.05) is 0 Å². The average Bonchev–Trinajstić information content (AvgIpc) is 2.69. The van der Waals surface area contributed by atoms with Crippen LogP contribution in [0.4, 0.5) is 13.2 Å². The molecule has 0 N–H and O–H groups in total. The minimum atomic E-state index is -4.38. The molecule has 0 unspecified atom stereocenters. The van der Waals surface area contributed by atoms with Crippen LogP contribution < -0.4 is 4.74 Å². The molecule has 0 saturated heterocycles. The van der Waals surface area contributed by atoms with Gasteiger partial charge in [-0.3, -0.25) is 4.57 Å². The number of alkyl halides is 3. The number of hydrogen-bond acceptors (Lipinski definition) is 2. The monoisotopic (exact) mass is 320 g/mol. The second kappa shape index (κ2) is 4.64. The van der Waals surface area contributed by atoms with Crippen LogP contribution in [0.25, 0.3) is 5.69 Å². The van der Waals surface area contributed by atoms with Gasteiger partial charge < -0.3 is 4.74 Å². The topological polar surface area (TPSA) is 27.1 Å². The molecule has 7 heteroatoms. The van der Waals surface area contributed by atoms with E-state index in [4.69, 9.17) is 4.74 Å². The van der Waals surface area contributed by atoms with Crippen LogP contribution in [0.5, 0.6) is 6.01 Å². The van der Waals surface area contributed by atoms with Crippen LogP contribution in [-0.4, -0.2) is 16.7 Å². The molecule has 0 atom stereocenters. The number of nitrogens with zero attached hydrogens (tertiary/aromatic N) is 2. The van der Waals surface area contributed by atoms with E-state index in [0.717, 1.165) is 12.1 Å². The molecule has 0 aliphatic carbocycles. The summed E-state index contributed by atoms with van der Waals surface area (Å²) in [7, 11) is 1.40. The maximum atomic E-state index is 12.6. The van der Waals surface area contributed by atoms with Crippen LogP contribution in [0, 0.1) is 0 Å². The molecule has 0 aliphatic heterocycles. The Bertz CT molecular complexity index is 566. The Morgan fingerprint density at radius 1 is 1.33 bits per heavy atom. The maximum Gasteiger partial charge on any atom is 0.416 e. The van der Waals surface area contributed by atoms with E-state index in [2.05, 4.69) is 20.9 Å². The Balaban J connectivity index is 2.55. The van der Waals surface area contributed by atoms with Gasteiger partial charge in [-0.25, -0.2) is 4.98 Å². The SMILES string of the molecule is COc1ncc(Br)n1-c1cccc(C(F)(F)F)c1. The summed E-state index contributed by atoms with van der Waals surface area (Å²) in [6, 6.07) is 5.14. The third kappa shape index (κ3) is 2.35. The first kappa shape index (κ1) is 12.9. The van der Waals surface area contributed by atoms with Gasteiger partial charge in [0.15, 0.2) is 0 Å². The van der Waals surface area contributed by atoms with Crippen molar-refractivity contribution in [2.45, 2.75) is 6.18 Å². The zero-order valence-electron chi connectivity index (χ0n) is 9.20. The molecule has 1 aromatic carbocycles. The van der Waals surface area contributed by atoms with E-state index in [9.17, 15) is 13.2 Å². The van der Waals surface area contributed by atoms with Crippen molar-refractivity contribution >= 4 is 15.9 Å². The highest BCUT2D eigenvalue weighted by atomic mass is 79.9. The summed E-state index contributed by atoms with van der Waals surface area (Å²) in [5.74, 6) is 0. The highest BCUT2D eigenvalue weighted by Crippen LogP contribution is 2.32. The second-order valence-electron chi connectivity index (χ2n) is 3.45. The van der Waals surface area contributed by atoms with Gasteiger partial charge in [-0.05, 0) is 34.1 Å². The number of rotatable bonds is 2. The van der Waals surface area contributed by atoms with Crippen molar-refractivity contribution in [3.05, 3.63) is 40.6 Å². The van der Waals surface area contributed by atoms with Crippen molar-refractivity contribution in [2.75, 3.05) is 7.11 Å². The number of benzene rings is 1. The Morgan fingerprint density at radius 3 is 2.67 bits per heavy atom. The van der Waals surface area contributed by atoms with Gasteiger partial charge in [0.1, 0.15) is 4.60 Å². The molecular weight excluding hydrogens is 313 g/mol. The van der Waals surface area contributed by atoms with Gasteiger partial charge >= 0.3 is 12.2 Å². The molecule has 0 amide bonds. The summed E-state index contributed by atoms with van der Waals surface area (Å²) in [5, 5.41) is 0. The lowest BCUT2D eigenvalue weighted by Crippen LogP contribution is -2.06. The van der Waals surface area contributed by atoms with Gasteiger partial charge in [0.2, 0.25) is 0 Å². The first-order valence-corrected chi connectivity index (χ1v) is 5.67. The predicted molar refractivity (Wildman–Crippen MR) is 62.8 cm³/mol. The van der Waals surface area contributed by atoms with Gasteiger partial charge in [-0.1, -0.05) is 6.07 Å². The number of methoxy groups -OCH3 is 1. The average molecular weight is 321 g/mol. The number of halogens is 4. The molecule has 2 aromatic rings. The fourth-order valence-corrected chi connectivity index (χ4v) is 1.97. The van der Waals surface area contributed by atoms with Crippen LogP contribution in [0.15, 0.2) is 35.1 Å². The smallest absolute Gasteiger partial charge is 0.416 e. The fourth-order valence-electron chi connectivity index (χ4n) is 1.51. The van der Waals surface area contributed by atoms with E-state index in [-0.39, 0.29) is 6.01 Å². The zero-order chi connectivity index (χ0) is 13.3. The van der Waals surface area contributed by atoms with Crippen LogP contribution in [0.3, 0.4) is 0 Å². The highest BCUT2D eigenvalue weighted by Gasteiger charge is 2.30. The molecule has 96 valence electrons. The lowest BCUT2D eigenvalue weighted by molar-refractivity contribution is -0.137. The number of imidazole rings is 1. The normalized spacial score (nSPS) is 11.6. The minimum absolute atomic E-state index is 0.209. The summed E-state index contributed by atoms with van der Waals surface area (Å²) in [6.07, 6.45) is -2.92. The number of ether oxygens (including phenoxy) is 1. The van der Waals surface area contributed by atoms with Crippen LogP contribution >= 0.6 is 15.9 Å². The number of aromatic nitrogens is 2. The van der Waals surface area contributed by atoms with Gasteiger partial charge in [-0.15, -0.1) is 0 Å². The molecule has 0 fully saturated rings. The molecule has 3 nitrogen and oxygen atoms in total. The van der Waals surface area contributed by atoms with E-state index >= 15 is 0 Å². The molecule has 0 saturated carbocycles. The van der Waals surface area contributed by atoms with E-state index in [1.165, 1.54) is 23.9 Å². The molecule has 1 heterocycles. The van der Waals surface area contributed by atoms with Crippen molar-refractivity contribution in [3.63, 3.8) is 0 Å². The molecule has 0 radical (unpaired) electrons. The van der Waals surface area contributed by atoms with E-state index in [1.54, 1.807) is 6.07 Å². The summed E-state index contributed by atoms with van der Waals surface area (Å²) >= 11 is 3.21. The molecule has 0 aliphatic rings. The molecule has 1 aromatic heterocycles. The largest absolute Gasteiger partial charge is 0.468 e. The lowest BCUT2D eigenvalue weighted by Gasteiger charge is -2.11. The van der Waals surface area contributed by atoms with Crippen LogP contribution in [0.1, 0.15) is 5.56 Å². The van der Waals surface area contributed by atoms with Crippen LogP contribution in [0.2, 0.25) is 0 Å². The summed E-state index contributed by atoms with van der Waals surface area (Å²) in [4.78, 5) is 3.92. The van der Waals surface area contributed by atoms with E-state index < -0.39 is 11.7 Å². The third-order valence-corrected chi connectivity index (χ3v) is 2.86. The lowest BCUT2D eigenvalue weighted by atomic mass is 10.2. The van der Waals surface area contributed by atoms with Crippen molar-refractivity contribution in [1.29, 1.82) is 0 Å². The Morgan fingerprint density at radius 2 is 2.06 bits per heavy atom. The molecular formula is C11H8BrF3N2O. The Labute approximate surface area is 109 Å². The Hall–Kier alpha value is -1.50. The molecule has 0 spiro atoms. The summed E-state index contributed by atoms with van der Waals surface area (Å²) < 4.78 is 44.8. The first-order valence-electron chi connectivity index (χ1n) is 4.88. The predicted octanol–water partition coefficient (Wildman–Crippen LogP) is 3.66. The van der Waals surface area contributed by atoms with Gasteiger partial charge in [0.25, 0.3) is 0 Å². The fraction of sp³-hybridized carbons (Fsp3) is 0.182. The van der Waals surface area contributed by atoms with Crippen molar-refractivity contribution in [1.82, 2.24) is 9.55 Å². The molecule has 2 rings (SSSR count). The molecule has 18 heavy (non-hydrogen) atoms. The van der Waals surface area contributed by atoms with Crippen molar-refractivity contribution < 1.29 is 17.9 Å². The summed E-state index contributed by atoms with van der Waals surface area (Å²) in [5.41, 5.74) is -0.395. The number of hydrogen-bond donors (Lipinski definition) is 0. The highest BCUT2D eigenvalue weighted by molar-refractivity contribution is 9.10.